The number of likely N-dealkylation sites (N-methyl/N-ethyl adjacent to an activating group) is 1. The highest BCUT2D eigenvalue weighted by molar-refractivity contribution is 5.78. The summed E-state index contributed by atoms with van der Waals surface area (Å²) < 4.78 is 4.91. The van der Waals surface area contributed by atoms with Gasteiger partial charge in [-0.05, 0) is 17.7 Å². The summed E-state index contributed by atoms with van der Waals surface area (Å²) >= 11 is 0. The molecule has 0 aliphatic carbocycles. The monoisotopic (exact) mass is 209 g/mol. The lowest BCUT2D eigenvalue weighted by molar-refractivity contribution is -0.127. The zero-order valence-electron chi connectivity index (χ0n) is 9.15. The van der Waals surface area contributed by atoms with E-state index in [2.05, 4.69) is 0 Å². The second-order valence-corrected chi connectivity index (χ2v) is 3.47. The first kappa shape index (κ1) is 11.4. The van der Waals surface area contributed by atoms with Gasteiger partial charge in [0.05, 0.1) is 13.5 Å². The first-order chi connectivity index (χ1) is 7.04. The van der Waals surface area contributed by atoms with Gasteiger partial charge >= 0.3 is 0 Å². The molecule has 82 valence electrons. The van der Waals surface area contributed by atoms with Crippen molar-refractivity contribution >= 4 is 5.91 Å². The number of aromatic hydroxyl groups is 1. The van der Waals surface area contributed by atoms with Crippen LogP contribution in [0.4, 0.5) is 0 Å². The Morgan fingerprint density at radius 1 is 1.47 bits per heavy atom. The SMILES string of the molecule is COc1ccc(CC(=O)N(C)C)cc1O. The van der Waals surface area contributed by atoms with E-state index in [0.717, 1.165) is 5.56 Å². The molecule has 0 aromatic heterocycles. The standard InChI is InChI=1S/C11H15NO3/c1-12(2)11(14)7-8-4-5-10(15-3)9(13)6-8/h4-6,13H,7H2,1-3H3. The first-order valence-corrected chi connectivity index (χ1v) is 4.60. The van der Waals surface area contributed by atoms with Crippen LogP contribution in [0.25, 0.3) is 0 Å². The summed E-state index contributed by atoms with van der Waals surface area (Å²) in [5, 5.41) is 9.49. The average molecular weight is 209 g/mol. The molecule has 15 heavy (non-hydrogen) atoms. The Kier molecular flexibility index (Phi) is 3.55. The molecule has 0 saturated carbocycles. The molecule has 4 nitrogen and oxygen atoms in total. The van der Waals surface area contributed by atoms with Gasteiger partial charge in [0.1, 0.15) is 0 Å². The van der Waals surface area contributed by atoms with Gasteiger partial charge in [-0.15, -0.1) is 0 Å². The van der Waals surface area contributed by atoms with E-state index in [4.69, 9.17) is 4.74 Å². The predicted molar refractivity (Wildman–Crippen MR) is 57.1 cm³/mol. The van der Waals surface area contributed by atoms with E-state index in [1.54, 1.807) is 32.3 Å². The van der Waals surface area contributed by atoms with Crippen LogP contribution in [-0.4, -0.2) is 37.1 Å². The zero-order chi connectivity index (χ0) is 11.4. The maximum absolute atomic E-state index is 11.4. The summed E-state index contributed by atoms with van der Waals surface area (Å²) in [6.45, 7) is 0. The molecule has 0 fully saturated rings. The number of phenolic OH excluding ortho intramolecular Hbond substituents is 1. The minimum Gasteiger partial charge on any atom is -0.504 e. The number of nitrogens with zero attached hydrogens (tertiary/aromatic N) is 1. The van der Waals surface area contributed by atoms with Crippen LogP contribution in [-0.2, 0) is 11.2 Å². The summed E-state index contributed by atoms with van der Waals surface area (Å²) in [6.07, 6.45) is 0.282. The molecule has 1 N–H and O–H groups in total. The molecule has 4 heteroatoms. The molecular weight excluding hydrogens is 194 g/mol. The third-order valence-electron chi connectivity index (χ3n) is 2.10. The quantitative estimate of drug-likeness (QED) is 0.809. The fourth-order valence-electron chi connectivity index (χ4n) is 1.18. The third-order valence-corrected chi connectivity index (χ3v) is 2.10. The minimum atomic E-state index is -0.000401. The molecule has 0 aliphatic rings. The number of phenols is 1. The molecule has 0 atom stereocenters. The Labute approximate surface area is 89.1 Å². The number of hydrogen-bond acceptors (Lipinski definition) is 3. The molecule has 0 unspecified atom stereocenters. The van der Waals surface area contributed by atoms with E-state index >= 15 is 0 Å². The highest BCUT2D eigenvalue weighted by atomic mass is 16.5. The highest BCUT2D eigenvalue weighted by Crippen LogP contribution is 2.26. The summed E-state index contributed by atoms with van der Waals surface area (Å²) in [5.74, 6) is 0.470. The van der Waals surface area contributed by atoms with Crippen molar-refractivity contribution in [3.05, 3.63) is 23.8 Å². The molecule has 0 aliphatic heterocycles. The molecule has 0 bridgehead atoms. The van der Waals surface area contributed by atoms with Crippen LogP contribution in [0, 0.1) is 0 Å². The first-order valence-electron chi connectivity index (χ1n) is 4.60. The van der Waals surface area contributed by atoms with E-state index in [-0.39, 0.29) is 18.1 Å². The molecular formula is C11H15NO3. The largest absolute Gasteiger partial charge is 0.504 e. The van der Waals surface area contributed by atoms with Crippen LogP contribution in [0.1, 0.15) is 5.56 Å². The highest BCUT2D eigenvalue weighted by Gasteiger charge is 2.08. The van der Waals surface area contributed by atoms with E-state index in [1.807, 2.05) is 0 Å². The van der Waals surface area contributed by atoms with E-state index in [0.29, 0.717) is 5.75 Å². The van der Waals surface area contributed by atoms with Crippen molar-refractivity contribution in [2.24, 2.45) is 0 Å². The van der Waals surface area contributed by atoms with Gasteiger partial charge in [-0.1, -0.05) is 6.07 Å². The Balaban J connectivity index is 2.80. The lowest BCUT2D eigenvalue weighted by Crippen LogP contribution is -2.23. The van der Waals surface area contributed by atoms with Crippen molar-refractivity contribution < 1.29 is 14.6 Å². The summed E-state index contributed by atoms with van der Waals surface area (Å²) in [6, 6.07) is 4.95. The normalized spacial score (nSPS) is 9.80. The number of hydrogen-bond donors (Lipinski definition) is 1. The maximum atomic E-state index is 11.4. The molecule has 0 heterocycles. The van der Waals surface area contributed by atoms with Crippen molar-refractivity contribution in [2.75, 3.05) is 21.2 Å². The Morgan fingerprint density at radius 2 is 2.13 bits per heavy atom. The van der Waals surface area contributed by atoms with Gasteiger partial charge in [0, 0.05) is 14.1 Å². The van der Waals surface area contributed by atoms with Crippen LogP contribution in [0.15, 0.2) is 18.2 Å². The van der Waals surface area contributed by atoms with Gasteiger partial charge in [0.2, 0.25) is 5.91 Å². The van der Waals surface area contributed by atoms with Gasteiger partial charge in [0.25, 0.3) is 0 Å². The van der Waals surface area contributed by atoms with E-state index in [9.17, 15) is 9.90 Å². The number of amides is 1. The molecule has 1 aromatic carbocycles. The van der Waals surface area contributed by atoms with Crippen LogP contribution < -0.4 is 4.74 Å². The Hall–Kier alpha value is -1.71. The molecule has 0 radical (unpaired) electrons. The molecule has 1 aromatic rings. The van der Waals surface area contributed by atoms with Gasteiger partial charge in [-0.2, -0.15) is 0 Å². The van der Waals surface area contributed by atoms with Crippen molar-refractivity contribution in [3.63, 3.8) is 0 Å². The average Bonchev–Trinajstić information content (AvgIpc) is 2.18. The number of rotatable bonds is 3. The van der Waals surface area contributed by atoms with Crippen LogP contribution in [0.3, 0.4) is 0 Å². The molecule has 1 amide bonds. The Bertz CT molecular complexity index is 361. The number of benzene rings is 1. The van der Waals surface area contributed by atoms with Crippen LogP contribution in [0.5, 0.6) is 11.5 Å². The fraction of sp³-hybridized carbons (Fsp3) is 0.364. The lowest BCUT2D eigenvalue weighted by Gasteiger charge is -2.10. The molecule has 0 spiro atoms. The predicted octanol–water partition coefficient (Wildman–Crippen LogP) is 1.03. The van der Waals surface area contributed by atoms with E-state index in [1.165, 1.54) is 12.0 Å². The zero-order valence-corrected chi connectivity index (χ0v) is 9.15. The Morgan fingerprint density at radius 3 is 2.60 bits per heavy atom. The summed E-state index contributed by atoms with van der Waals surface area (Å²) in [4.78, 5) is 12.9. The third kappa shape index (κ3) is 2.87. The second-order valence-electron chi connectivity index (χ2n) is 3.47. The van der Waals surface area contributed by atoms with E-state index < -0.39 is 0 Å². The topological polar surface area (TPSA) is 49.8 Å². The number of carbonyl (C=O) groups is 1. The lowest BCUT2D eigenvalue weighted by atomic mass is 10.1. The molecule has 1 rings (SSSR count). The second kappa shape index (κ2) is 4.68. The van der Waals surface area contributed by atoms with Crippen molar-refractivity contribution in [1.82, 2.24) is 4.90 Å². The van der Waals surface area contributed by atoms with Crippen LogP contribution in [0.2, 0.25) is 0 Å². The summed E-state index contributed by atoms with van der Waals surface area (Å²) in [7, 11) is 4.89. The van der Waals surface area contributed by atoms with Gasteiger partial charge in [-0.3, -0.25) is 4.79 Å². The maximum Gasteiger partial charge on any atom is 0.226 e. The van der Waals surface area contributed by atoms with Crippen LogP contribution >= 0.6 is 0 Å². The van der Waals surface area contributed by atoms with Crippen molar-refractivity contribution in [1.29, 1.82) is 0 Å². The summed E-state index contributed by atoms with van der Waals surface area (Å²) in [5.41, 5.74) is 0.770. The van der Waals surface area contributed by atoms with Crippen molar-refractivity contribution in [3.8, 4) is 11.5 Å². The number of methoxy groups -OCH3 is 1. The van der Waals surface area contributed by atoms with Gasteiger partial charge in [0.15, 0.2) is 11.5 Å². The smallest absolute Gasteiger partial charge is 0.226 e. The molecule has 0 saturated heterocycles. The fourth-order valence-corrected chi connectivity index (χ4v) is 1.18. The van der Waals surface area contributed by atoms with Crippen molar-refractivity contribution in [2.45, 2.75) is 6.42 Å². The minimum absolute atomic E-state index is 0.000401. The van der Waals surface area contributed by atoms with Gasteiger partial charge < -0.3 is 14.7 Å². The van der Waals surface area contributed by atoms with Gasteiger partial charge in [-0.25, -0.2) is 0 Å². The number of ether oxygens (including phenoxy) is 1. The number of carbonyl (C=O) groups excluding carboxylic acids is 1.